The van der Waals surface area contributed by atoms with Gasteiger partial charge in [0.05, 0.1) is 0 Å². The van der Waals surface area contributed by atoms with Gasteiger partial charge in [-0.05, 0) is 119 Å². The fourth-order valence-corrected chi connectivity index (χ4v) is 5.50. The zero-order valence-electron chi connectivity index (χ0n) is 24.3. The Hall–Kier alpha value is -4.70. The van der Waals surface area contributed by atoms with Gasteiger partial charge in [0.25, 0.3) is 0 Å². The third-order valence-electron chi connectivity index (χ3n) is 8.03. The molecule has 212 valence electrons. The number of hydrogen-bond donors (Lipinski definition) is 0. The Balaban J connectivity index is 0.000000168. The number of ether oxygens (including phenoxy) is 2. The zero-order chi connectivity index (χ0) is 29.3. The van der Waals surface area contributed by atoms with Crippen LogP contribution in [0.1, 0.15) is 60.1 Å². The fraction of sp³-hybridized carbons (Fsp3) is 0.211. The highest BCUT2D eigenvalue weighted by Gasteiger charge is 2.17. The predicted octanol–water partition coefficient (Wildman–Crippen LogP) is 8.37. The summed E-state index contributed by atoms with van der Waals surface area (Å²) in [6.07, 6.45) is 5.43. The summed E-state index contributed by atoms with van der Waals surface area (Å²) in [7, 11) is 0. The van der Waals surface area contributed by atoms with Crippen LogP contribution in [0.25, 0.3) is 11.1 Å². The van der Waals surface area contributed by atoms with E-state index < -0.39 is 0 Å². The van der Waals surface area contributed by atoms with Crippen molar-refractivity contribution in [2.45, 2.75) is 52.7 Å². The van der Waals surface area contributed by atoms with Gasteiger partial charge in [0.15, 0.2) is 0 Å². The highest BCUT2D eigenvalue weighted by molar-refractivity contribution is 5.90. The highest BCUT2D eigenvalue weighted by atomic mass is 16.5. The van der Waals surface area contributed by atoms with Crippen LogP contribution in [-0.4, -0.2) is 12.6 Å². The maximum Gasteiger partial charge on any atom is 0.146 e. The molecule has 0 radical (unpaired) electrons. The minimum Gasteiger partial charge on any atom is -0.489 e. The van der Waals surface area contributed by atoms with Crippen LogP contribution in [0.3, 0.4) is 0 Å². The first-order chi connectivity index (χ1) is 20.6. The summed E-state index contributed by atoms with van der Waals surface area (Å²) in [5, 5.41) is 0. The SMILES string of the molecule is CC1=C(C=O)CCc2cc(OCc3ccccc3)ccc21.CC1=C(C=O)CCc2cc(OCc3ccccc3)ccc21. The first-order valence-corrected chi connectivity index (χ1v) is 14.5. The molecule has 0 aromatic heterocycles. The van der Waals surface area contributed by atoms with Crippen molar-refractivity contribution < 1.29 is 19.1 Å². The van der Waals surface area contributed by atoms with E-state index in [4.69, 9.17) is 9.47 Å². The summed E-state index contributed by atoms with van der Waals surface area (Å²) in [6.45, 7) is 5.19. The van der Waals surface area contributed by atoms with E-state index in [9.17, 15) is 9.59 Å². The normalized spacial score (nSPS) is 13.8. The summed E-state index contributed by atoms with van der Waals surface area (Å²) in [5.74, 6) is 1.78. The minimum absolute atomic E-state index is 0.577. The predicted molar refractivity (Wildman–Crippen MR) is 168 cm³/mol. The zero-order valence-corrected chi connectivity index (χ0v) is 24.3. The third-order valence-corrected chi connectivity index (χ3v) is 8.03. The van der Waals surface area contributed by atoms with Gasteiger partial charge in [-0.2, -0.15) is 0 Å². The van der Waals surface area contributed by atoms with Crippen molar-refractivity contribution in [3.63, 3.8) is 0 Å². The Morgan fingerprint density at radius 2 is 0.952 bits per heavy atom. The van der Waals surface area contributed by atoms with E-state index in [1.165, 1.54) is 22.3 Å². The number of benzene rings is 4. The monoisotopic (exact) mass is 556 g/mol. The molecule has 4 aromatic rings. The Morgan fingerprint density at radius 1 is 0.548 bits per heavy atom. The van der Waals surface area contributed by atoms with E-state index in [2.05, 4.69) is 48.5 Å². The van der Waals surface area contributed by atoms with Gasteiger partial charge in [-0.25, -0.2) is 0 Å². The standard InChI is InChI=1S/2C19H18O2/c2*1-14-17(12-20)8-7-16-11-18(9-10-19(14)16)21-13-15-5-3-2-4-6-15/h2*2-6,9-12H,7-8,13H2,1H3. The lowest BCUT2D eigenvalue weighted by molar-refractivity contribution is -0.105. The Morgan fingerprint density at radius 3 is 1.33 bits per heavy atom. The van der Waals surface area contributed by atoms with Crippen molar-refractivity contribution in [2.24, 2.45) is 0 Å². The number of rotatable bonds is 8. The number of aryl methyl sites for hydroxylation is 2. The van der Waals surface area contributed by atoms with E-state index in [0.717, 1.165) is 83.2 Å². The smallest absolute Gasteiger partial charge is 0.146 e. The number of fused-ring (bicyclic) bond motifs is 2. The number of hydrogen-bond acceptors (Lipinski definition) is 4. The molecule has 42 heavy (non-hydrogen) atoms. The first kappa shape index (κ1) is 28.8. The molecule has 0 saturated heterocycles. The maximum absolute atomic E-state index is 11.0. The fourth-order valence-electron chi connectivity index (χ4n) is 5.50. The van der Waals surface area contributed by atoms with Crippen LogP contribution in [0.2, 0.25) is 0 Å². The molecule has 0 N–H and O–H groups in total. The van der Waals surface area contributed by atoms with Gasteiger partial charge in [-0.15, -0.1) is 0 Å². The van der Waals surface area contributed by atoms with E-state index in [-0.39, 0.29) is 0 Å². The van der Waals surface area contributed by atoms with Crippen LogP contribution >= 0.6 is 0 Å². The lowest BCUT2D eigenvalue weighted by Gasteiger charge is -2.19. The van der Waals surface area contributed by atoms with Gasteiger partial charge in [0.1, 0.15) is 37.3 Å². The molecule has 0 fully saturated rings. The molecule has 0 amide bonds. The molecular weight excluding hydrogens is 520 g/mol. The Bertz CT molecular complexity index is 1490. The summed E-state index contributed by atoms with van der Waals surface area (Å²) in [6, 6.07) is 32.6. The van der Waals surface area contributed by atoms with Gasteiger partial charge in [-0.3, -0.25) is 9.59 Å². The van der Waals surface area contributed by atoms with Crippen molar-refractivity contribution in [1.29, 1.82) is 0 Å². The van der Waals surface area contributed by atoms with Crippen LogP contribution in [0.4, 0.5) is 0 Å². The van der Waals surface area contributed by atoms with E-state index in [1.807, 2.05) is 62.4 Å². The largest absolute Gasteiger partial charge is 0.489 e. The molecule has 6 rings (SSSR count). The van der Waals surface area contributed by atoms with Gasteiger partial charge < -0.3 is 9.47 Å². The average molecular weight is 557 g/mol. The van der Waals surface area contributed by atoms with Crippen molar-refractivity contribution in [2.75, 3.05) is 0 Å². The van der Waals surface area contributed by atoms with Gasteiger partial charge in [0.2, 0.25) is 0 Å². The Labute approximate surface area is 248 Å². The second-order valence-corrected chi connectivity index (χ2v) is 10.7. The lowest BCUT2D eigenvalue weighted by Crippen LogP contribution is -2.05. The number of aldehydes is 2. The van der Waals surface area contributed by atoms with E-state index >= 15 is 0 Å². The number of carbonyl (C=O) groups excluding carboxylic acids is 2. The van der Waals surface area contributed by atoms with Crippen LogP contribution in [0.5, 0.6) is 11.5 Å². The third kappa shape index (κ3) is 6.95. The molecule has 2 aliphatic carbocycles. The van der Waals surface area contributed by atoms with Crippen LogP contribution in [-0.2, 0) is 35.6 Å². The van der Waals surface area contributed by atoms with Gasteiger partial charge in [-0.1, -0.05) is 72.8 Å². The molecule has 0 bridgehead atoms. The molecule has 2 aliphatic rings. The molecule has 4 aromatic carbocycles. The van der Waals surface area contributed by atoms with Crippen molar-refractivity contribution in [3.05, 3.63) is 142 Å². The summed E-state index contributed by atoms with van der Waals surface area (Å²) < 4.78 is 11.7. The van der Waals surface area contributed by atoms with Crippen molar-refractivity contribution in [1.82, 2.24) is 0 Å². The van der Waals surface area contributed by atoms with Gasteiger partial charge >= 0.3 is 0 Å². The van der Waals surface area contributed by atoms with E-state index in [0.29, 0.717) is 13.2 Å². The average Bonchev–Trinajstić information content (AvgIpc) is 3.04. The van der Waals surface area contributed by atoms with Crippen molar-refractivity contribution in [3.8, 4) is 11.5 Å². The van der Waals surface area contributed by atoms with Crippen molar-refractivity contribution >= 4 is 23.7 Å². The molecule has 4 heteroatoms. The quantitative estimate of drug-likeness (QED) is 0.205. The summed E-state index contributed by atoms with van der Waals surface area (Å²) in [4.78, 5) is 22.0. The number of carbonyl (C=O) groups is 2. The minimum atomic E-state index is 0.577. The summed E-state index contributed by atoms with van der Waals surface area (Å²) >= 11 is 0. The van der Waals surface area contributed by atoms with E-state index in [1.54, 1.807) is 0 Å². The highest BCUT2D eigenvalue weighted by Crippen LogP contribution is 2.34. The number of allylic oxidation sites excluding steroid dienone is 4. The molecule has 0 saturated carbocycles. The summed E-state index contributed by atoms with van der Waals surface area (Å²) in [5.41, 5.74) is 11.2. The molecule has 0 heterocycles. The van der Waals surface area contributed by atoms with Gasteiger partial charge in [0, 0.05) is 0 Å². The van der Waals surface area contributed by atoms with Crippen LogP contribution in [0, 0.1) is 0 Å². The second-order valence-electron chi connectivity index (χ2n) is 10.7. The molecule has 0 unspecified atom stereocenters. The van der Waals surface area contributed by atoms with Crippen LogP contribution in [0.15, 0.2) is 108 Å². The van der Waals surface area contributed by atoms with Crippen LogP contribution < -0.4 is 9.47 Å². The maximum atomic E-state index is 11.0. The molecule has 4 nitrogen and oxygen atoms in total. The molecule has 0 atom stereocenters. The Kier molecular flexibility index (Phi) is 9.45. The lowest BCUT2D eigenvalue weighted by atomic mass is 9.87. The topological polar surface area (TPSA) is 52.6 Å². The molecule has 0 spiro atoms. The molecule has 0 aliphatic heterocycles. The molecular formula is C38H36O4. The second kappa shape index (κ2) is 13.8. The first-order valence-electron chi connectivity index (χ1n) is 14.5.